The van der Waals surface area contributed by atoms with Gasteiger partial charge < -0.3 is 0 Å². The van der Waals surface area contributed by atoms with Gasteiger partial charge in [-0.25, -0.2) is 0 Å². The molecule has 1 unspecified atom stereocenters. The molecule has 1 aromatic rings. The number of nitrogens with zero attached hydrogens (tertiary/aromatic N) is 1. The molecular formula is C12H15NO. The zero-order valence-corrected chi connectivity index (χ0v) is 8.66. The van der Waals surface area contributed by atoms with Crippen molar-refractivity contribution in [2.24, 2.45) is 10.6 Å². The first-order chi connectivity index (χ1) is 6.65. The van der Waals surface area contributed by atoms with E-state index < -0.39 is 0 Å². The first-order valence-electron chi connectivity index (χ1n) is 5.09. The molecule has 1 fully saturated rings. The fraction of sp³-hybridized carbons (Fsp3) is 0.500. The third-order valence-corrected chi connectivity index (χ3v) is 3.58. The molecule has 0 aromatic heterocycles. The molecule has 0 spiro atoms. The van der Waals surface area contributed by atoms with Gasteiger partial charge in [0.2, 0.25) is 0 Å². The summed E-state index contributed by atoms with van der Waals surface area (Å²) in [6, 6.07) is 7.63. The summed E-state index contributed by atoms with van der Waals surface area (Å²) in [5.74, 6) is 0.586. The van der Waals surface area contributed by atoms with Crippen LogP contribution in [0.4, 0.5) is 5.69 Å². The normalized spacial score (nSPS) is 20.1. The van der Waals surface area contributed by atoms with E-state index in [1.165, 1.54) is 18.4 Å². The Hall–Kier alpha value is -1.18. The van der Waals surface area contributed by atoms with E-state index in [0.717, 1.165) is 0 Å². The Labute approximate surface area is 84.3 Å². The van der Waals surface area contributed by atoms with Crippen molar-refractivity contribution in [1.82, 2.24) is 0 Å². The lowest BCUT2D eigenvalue weighted by molar-refractivity contribution is 0.469. The van der Waals surface area contributed by atoms with Crippen LogP contribution in [0.15, 0.2) is 29.4 Å². The van der Waals surface area contributed by atoms with Crippen molar-refractivity contribution in [2.75, 3.05) is 0 Å². The second-order valence-corrected chi connectivity index (χ2v) is 4.56. The van der Waals surface area contributed by atoms with Crippen molar-refractivity contribution in [2.45, 2.75) is 32.6 Å². The molecule has 74 valence electrons. The highest BCUT2D eigenvalue weighted by atomic mass is 16.3. The lowest BCUT2D eigenvalue weighted by Gasteiger charge is -2.18. The summed E-state index contributed by atoms with van der Waals surface area (Å²) >= 11 is 0. The average molecular weight is 189 g/mol. The molecule has 2 rings (SSSR count). The highest BCUT2D eigenvalue weighted by Crippen LogP contribution is 2.55. The maximum atomic E-state index is 10.2. The molecular weight excluding hydrogens is 174 g/mol. The van der Waals surface area contributed by atoms with Crippen LogP contribution in [0.25, 0.3) is 0 Å². The molecule has 1 saturated carbocycles. The summed E-state index contributed by atoms with van der Waals surface area (Å²) in [5.41, 5.74) is 2.33. The second kappa shape index (κ2) is 3.19. The van der Waals surface area contributed by atoms with Crippen LogP contribution in [0.2, 0.25) is 0 Å². The van der Waals surface area contributed by atoms with Crippen LogP contribution < -0.4 is 0 Å². The van der Waals surface area contributed by atoms with Gasteiger partial charge in [0.15, 0.2) is 0 Å². The number of rotatable bonds is 3. The van der Waals surface area contributed by atoms with Crippen molar-refractivity contribution < 1.29 is 0 Å². The van der Waals surface area contributed by atoms with Crippen LogP contribution in [0.5, 0.6) is 0 Å². The minimum atomic E-state index is 0.496. The molecule has 2 nitrogen and oxygen atoms in total. The molecule has 2 heteroatoms. The lowest BCUT2D eigenvalue weighted by Crippen LogP contribution is -2.05. The smallest absolute Gasteiger partial charge is 0.108 e. The predicted molar refractivity (Wildman–Crippen MR) is 57.7 cm³/mol. The standard InChI is InChI=1S/C12H15NO/c1-9(12(2)7-8-12)10-3-5-11(13-14)6-4-10/h3-6,9H,7-8H2,1-2H3. The van der Waals surface area contributed by atoms with Gasteiger partial charge in [-0.05, 0) is 47.0 Å². The van der Waals surface area contributed by atoms with Crippen LogP contribution in [0, 0.1) is 10.3 Å². The Morgan fingerprint density at radius 1 is 1.29 bits per heavy atom. The third-order valence-electron chi connectivity index (χ3n) is 3.58. The molecule has 0 heterocycles. The summed E-state index contributed by atoms with van der Waals surface area (Å²) in [6.45, 7) is 4.58. The lowest BCUT2D eigenvalue weighted by atomic mass is 9.86. The number of hydrogen-bond donors (Lipinski definition) is 0. The van der Waals surface area contributed by atoms with Gasteiger partial charge in [-0.1, -0.05) is 26.0 Å². The monoisotopic (exact) mass is 189 g/mol. The van der Waals surface area contributed by atoms with Gasteiger partial charge in [-0.15, -0.1) is 4.91 Å². The quantitative estimate of drug-likeness (QED) is 0.661. The molecule has 0 radical (unpaired) electrons. The SMILES string of the molecule is CC(c1ccc(N=O)cc1)C1(C)CC1. The average Bonchev–Trinajstić information content (AvgIpc) is 2.97. The summed E-state index contributed by atoms with van der Waals surface area (Å²) in [5, 5.41) is 2.90. The number of hydrogen-bond acceptors (Lipinski definition) is 2. The third kappa shape index (κ3) is 1.57. The Morgan fingerprint density at radius 2 is 1.86 bits per heavy atom. The molecule has 1 atom stereocenters. The molecule has 0 bridgehead atoms. The van der Waals surface area contributed by atoms with Crippen LogP contribution in [0.3, 0.4) is 0 Å². The molecule has 0 saturated heterocycles. The second-order valence-electron chi connectivity index (χ2n) is 4.56. The Bertz CT molecular complexity index is 338. The number of benzene rings is 1. The highest BCUT2D eigenvalue weighted by Gasteiger charge is 2.42. The van der Waals surface area contributed by atoms with E-state index >= 15 is 0 Å². The molecule has 0 aliphatic heterocycles. The summed E-state index contributed by atoms with van der Waals surface area (Å²) in [7, 11) is 0. The first-order valence-corrected chi connectivity index (χ1v) is 5.09. The maximum absolute atomic E-state index is 10.2. The summed E-state index contributed by atoms with van der Waals surface area (Å²) < 4.78 is 0. The van der Waals surface area contributed by atoms with Crippen LogP contribution >= 0.6 is 0 Å². The van der Waals surface area contributed by atoms with Gasteiger partial charge in [0.25, 0.3) is 0 Å². The van der Waals surface area contributed by atoms with E-state index in [2.05, 4.69) is 19.0 Å². The molecule has 1 aliphatic rings. The van der Waals surface area contributed by atoms with Gasteiger partial charge in [0.1, 0.15) is 5.69 Å². The Kier molecular flexibility index (Phi) is 2.14. The molecule has 14 heavy (non-hydrogen) atoms. The topological polar surface area (TPSA) is 29.4 Å². The Morgan fingerprint density at radius 3 is 2.29 bits per heavy atom. The van der Waals surface area contributed by atoms with Crippen LogP contribution in [0.1, 0.15) is 38.2 Å². The molecule has 0 amide bonds. The first kappa shape index (κ1) is 9.38. The van der Waals surface area contributed by atoms with E-state index in [-0.39, 0.29) is 0 Å². The van der Waals surface area contributed by atoms with Gasteiger partial charge in [0.05, 0.1) is 0 Å². The van der Waals surface area contributed by atoms with Crippen LogP contribution in [-0.2, 0) is 0 Å². The van der Waals surface area contributed by atoms with E-state index in [9.17, 15) is 4.91 Å². The van der Waals surface area contributed by atoms with Gasteiger partial charge >= 0.3 is 0 Å². The molecule has 1 aromatic carbocycles. The largest absolute Gasteiger partial charge is 0.145 e. The number of nitroso groups, excluding NO2 is 1. The van der Waals surface area contributed by atoms with Crippen molar-refractivity contribution in [3.05, 3.63) is 34.7 Å². The van der Waals surface area contributed by atoms with Crippen molar-refractivity contribution >= 4 is 5.69 Å². The zero-order valence-electron chi connectivity index (χ0n) is 8.66. The van der Waals surface area contributed by atoms with Crippen LogP contribution in [-0.4, -0.2) is 0 Å². The Balaban J connectivity index is 2.20. The van der Waals surface area contributed by atoms with Crippen molar-refractivity contribution in [3.8, 4) is 0 Å². The van der Waals surface area contributed by atoms with Gasteiger partial charge in [-0.2, -0.15) is 0 Å². The van der Waals surface area contributed by atoms with E-state index in [1.807, 2.05) is 12.1 Å². The minimum Gasteiger partial charge on any atom is -0.145 e. The zero-order chi connectivity index (χ0) is 10.2. The minimum absolute atomic E-state index is 0.496. The van der Waals surface area contributed by atoms with E-state index in [4.69, 9.17) is 0 Å². The van der Waals surface area contributed by atoms with Gasteiger partial charge in [-0.3, -0.25) is 0 Å². The summed E-state index contributed by atoms with van der Waals surface area (Å²) in [6.07, 6.45) is 2.64. The van der Waals surface area contributed by atoms with E-state index in [0.29, 0.717) is 17.0 Å². The fourth-order valence-electron chi connectivity index (χ4n) is 1.86. The molecule has 0 N–H and O–H groups in total. The van der Waals surface area contributed by atoms with Gasteiger partial charge in [0, 0.05) is 0 Å². The summed E-state index contributed by atoms with van der Waals surface area (Å²) in [4.78, 5) is 10.2. The highest BCUT2D eigenvalue weighted by molar-refractivity contribution is 5.40. The molecule has 1 aliphatic carbocycles. The van der Waals surface area contributed by atoms with Crippen molar-refractivity contribution in [3.63, 3.8) is 0 Å². The fourth-order valence-corrected chi connectivity index (χ4v) is 1.86. The van der Waals surface area contributed by atoms with E-state index in [1.54, 1.807) is 12.1 Å². The maximum Gasteiger partial charge on any atom is 0.108 e. The predicted octanol–water partition coefficient (Wildman–Crippen LogP) is 3.99. The van der Waals surface area contributed by atoms with Crippen molar-refractivity contribution in [1.29, 1.82) is 0 Å².